The van der Waals surface area contributed by atoms with Crippen molar-refractivity contribution < 1.29 is 4.79 Å². The average molecular weight is 226 g/mol. The van der Waals surface area contributed by atoms with Crippen molar-refractivity contribution in [2.45, 2.75) is 25.4 Å². The zero-order chi connectivity index (χ0) is 10.7. The second-order valence-electron chi connectivity index (χ2n) is 3.57. The molecule has 1 fully saturated rings. The number of hydrogen-bond donors (Lipinski definition) is 2. The smallest absolute Gasteiger partial charge is 0.315 e. The molecular formula is C10H12ClN3O. The molecule has 0 aliphatic heterocycles. The van der Waals surface area contributed by atoms with Gasteiger partial charge in [-0.3, -0.25) is 4.98 Å². The molecule has 80 valence electrons. The van der Waals surface area contributed by atoms with Gasteiger partial charge in [-0.05, 0) is 25.0 Å². The number of nitrogens with one attached hydrogen (secondary N) is 2. The van der Waals surface area contributed by atoms with Gasteiger partial charge in [-0.25, -0.2) is 4.79 Å². The standard InChI is InChI=1S/C10H12ClN3O/c11-7-3-4-12-9(5-7)6-13-10(15)14-8-1-2-8/h3-5,8H,1-2,6H2,(H2,13,14,15). The number of carbonyl (C=O) groups is 1. The van der Waals surface area contributed by atoms with Gasteiger partial charge in [0.15, 0.2) is 0 Å². The minimum atomic E-state index is -0.140. The third-order valence-corrected chi connectivity index (χ3v) is 2.36. The number of aromatic nitrogens is 1. The molecule has 0 spiro atoms. The third kappa shape index (κ3) is 3.40. The molecule has 0 radical (unpaired) electrons. The maximum absolute atomic E-state index is 11.3. The van der Waals surface area contributed by atoms with E-state index in [9.17, 15) is 4.79 Å². The van der Waals surface area contributed by atoms with Crippen molar-refractivity contribution in [3.8, 4) is 0 Å². The number of amides is 2. The van der Waals surface area contributed by atoms with E-state index in [4.69, 9.17) is 11.6 Å². The molecule has 0 saturated heterocycles. The van der Waals surface area contributed by atoms with Crippen LogP contribution in [0.3, 0.4) is 0 Å². The highest BCUT2D eigenvalue weighted by Crippen LogP contribution is 2.18. The molecule has 1 heterocycles. The van der Waals surface area contributed by atoms with E-state index in [0.29, 0.717) is 17.6 Å². The van der Waals surface area contributed by atoms with Gasteiger partial charge in [0.25, 0.3) is 0 Å². The van der Waals surface area contributed by atoms with Gasteiger partial charge in [0.1, 0.15) is 0 Å². The van der Waals surface area contributed by atoms with Crippen molar-refractivity contribution in [3.63, 3.8) is 0 Å². The lowest BCUT2D eigenvalue weighted by atomic mass is 10.3. The van der Waals surface area contributed by atoms with E-state index in [-0.39, 0.29) is 6.03 Å². The highest BCUT2D eigenvalue weighted by Gasteiger charge is 2.22. The maximum Gasteiger partial charge on any atom is 0.315 e. The highest BCUT2D eigenvalue weighted by molar-refractivity contribution is 6.30. The van der Waals surface area contributed by atoms with Crippen LogP contribution in [0.15, 0.2) is 18.3 Å². The summed E-state index contributed by atoms with van der Waals surface area (Å²) >= 11 is 5.79. The summed E-state index contributed by atoms with van der Waals surface area (Å²) in [4.78, 5) is 15.3. The quantitative estimate of drug-likeness (QED) is 0.823. The van der Waals surface area contributed by atoms with Crippen molar-refractivity contribution in [2.75, 3.05) is 0 Å². The fourth-order valence-corrected chi connectivity index (χ4v) is 1.36. The number of pyridine rings is 1. The summed E-state index contributed by atoms with van der Waals surface area (Å²) in [6.07, 6.45) is 3.80. The Kier molecular flexibility index (Phi) is 3.06. The summed E-state index contributed by atoms with van der Waals surface area (Å²) in [5.41, 5.74) is 0.758. The zero-order valence-corrected chi connectivity index (χ0v) is 8.92. The van der Waals surface area contributed by atoms with E-state index in [0.717, 1.165) is 18.5 Å². The van der Waals surface area contributed by atoms with E-state index in [1.54, 1.807) is 18.3 Å². The maximum atomic E-state index is 11.3. The Hall–Kier alpha value is -1.29. The monoisotopic (exact) mass is 225 g/mol. The summed E-state index contributed by atoms with van der Waals surface area (Å²) < 4.78 is 0. The highest BCUT2D eigenvalue weighted by atomic mass is 35.5. The van der Waals surface area contributed by atoms with Crippen molar-refractivity contribution in [2.24, 2.45) is 0 Å². The molecule has 0 unspecified atom stereocenters. The predicted molar refractivity (Wildman–Crippen MR) is 57.6 cm³/mol. The first-order valence-electron chi connectivity index (χ1n) is 4.89. The fraction of sp³-hybridized carbons (Fsp3) is 0.400. The minimum absolute atomic E-state index is 0.140. The summed E-state index contributed by atoms with van der Waals surface area (Å²) in [5, 5.41) is 6.18. The van der Waals surface area contributed by atoms with Crippen LogP contribution in [-0.4, -0.2) is 17.1 Å². The normalized spacial score (nSPS) is 14.7. The minimum Gasteiger partial charge on any atom is -0.335 e. The van der Waals surface area contributed by atoms with Gasteiger partial charge >= 0.3 is 6.03 Å². The number of nitrogens with zero attached hydrogens (tertiary/aromatic N) is 1. The van der Waals surface area contributed by atoms with E-state index in [2.05, 4.69) is 15.6 Å². The SMILES string of the molecule is O=C(NCc1cc(Cl)ccn1)NC1CC1. The van der Waals surface area contributed by atoms with Gasteiger partial charge in [-0.2, -0.15) is 0 Å². The molecule has 2 rings (SSSR count). The summed E-state index contributed by atoms with van der Waals surface area (Å²) in [6.45, 7) is 0.402. The third-order valence-electron chi connectivity index (χ3n) is 2.12. The summed E-state index contributed by atoms with van der Waals surface area (Å²) in [5.74, 6) is 0. The van der Waals surface area contributed by atoms with Crippen LogP contribution >= 0.6 is 11.6 Å². The summed E-state index contributed by atoms with van der Waals surface area (Å²) in [6, 6.07) is 3.67. The van der Waals surface area contributed by atoms with Gasteiger partial charge in [-0.15, -0.1) is 0 Å². The van der Waals surface area contributed by atoms with Crippen molar-refractivity contribution in [1.29, 1.82) is 0 Å². The Morgan fingerprint density at radius 1 is 1.60 bits per heavy atom. The Labute approximate surface area is 93.0 Å². The predicted octanol–water partition coefficient (Wildman–Crippen LogP) is 1.70. The first kappa shape index (κ1) is 10.2. The van der Waals surface area contributed by atoms with Crippen LogP contribution in [0.4, 0.5) is 4.79 Å². The first-order valence-corrected chi connectivity index (χ1v) is 5.26. The summed E-state index contributed by atoms with van der Waals surface area (Å²) in [7, 11) is 0. The second kappa shape index (κ2) is 4.49. The molecule has 0 atom stereocenters. The molecule has 1 aromatic rings. The Morgan fingerprint density at radius 3 is 3.07 bits per heavy atom. The molecule has 0 bridgehead atoms. The van der Waals surface area contributed by atoms with Crippen LogP contribution < -0.4 is 10.6 Å². The van der Waals surface area contributed by atoms with Crippen LogP contribution in [-0.2, 0) is 6.54 Å². The molecule has 2 amide bonds. The van der Waals surface area contributed by atoms with Crippen LogP contribution in [0, 0.1) is 0 Å². The van der Waals surface area contributed by atoms with Crippen LogP contribution in [0.25, 0.3) is 0 Å². The lowest BCUT2D eigenvalue weighted by Crippen LogP contribution is -2.36. The molecule has 2 N–H and O–H groups in total. The fourth-order valence-electron chi connectivity index (χ4n) is 1.18. The van der Waals surface area contributed by atoms with Crippen molar-refractivity contribution >= 4 is 17.6 Å². The number of urea groups is 1. The van der Waals surface area contributed by atoms with Gasteiger partial charge in [0, 0.05) is 17.3 Å². The molecule has 1 aliphatic rings. The number of rotatable bonds is 3. The Bertz CT molecular complexity index is 365. The molecule has 1 saturated carbocycles. The van der Waals surface area contributed by atoms with Crippen molar-refractivity contribution in [1.82, 2.24) is 15.6 Å². The number of hydrogen-bond acceptors (Lipinski definition) is 2. The van der Waals surface area contributed by atoms with E-state index < -0.39 is 0 Å². The van der Waals surface area contributed by atoms with Gasteiger partial charge in [0.05, 0.1) is 12.2 Å². The van der Waals surface area contributed by atoms with Gasteiger partial charge in [0.2, 0.25) is 0 Å². The number of halogens is 1. The molecular weight excluding hydrogens is 214 g/mol. The zero-order valence-electron chi connectivity index (χ0n) is 8.16. The van der Waals surface area contributed by atoms with Crippen LogP contribution in [0.1, 0.15) is 18.5 Å². The topological polar surface area (TPSA) is 54.0 Å². The van der Waals surface area contributed by atoms with E-state index in [1.165, 1.54) is 0 Å². The molecule has 0 aromatic carbocycles. The molecule has 5 heteroatoms. The lowest BCUT2D eigenvalue weighted by Gasteiger charge is -2.05. The van der Waals surface area contributed by atoms with E-state index in [1.807, 2.05) is 0 Å². The first-order chi connectivity index (χ1) is 7.24. The van der Waals surface area contributed by atoms with Gasteiger partial charge < -0.3 is 10.6 Å². The van der Waals surface area contributed by atoms with E-state index >= 15 is 0 Å². The molecule has 1 aliphatic carbocycles. The largest absolute Gasteiger partial charge is 0.335 e. The van der Waals surface area contributed by atoms with Crippen LogP contribution in [0.2, 0.25) is 5.02 Å². The Balaban J connectivity index is 1.78. The molecule has 15 heavy (non-hydrogen) atoms. The van der Waals surface area contributed by atoms with Crippen molar-refractivity contribution in [3.05, 3.63) is 29.0 Å². The van der Waals surface area contributed by atoms with Crippen LogP contribution in [0.5, 0.6) is 0 Å². The average Bonchev–Trinajstić information content (AvgIpc) is 2.99. The molecule has 4 nitrogen and oxygen atoms in total. The molecule has 1 aromatic heterocycles. The number of carbonyl (C=O) groups excluding carboxylic acids is 1. The Morgan fingerprint density at radius 2 is 2.40 bits per heavy atom. The second-order valence-corrected chi connectivity index (χ2v) is 4.00. The lowest BCUT2D eigenvalue weighted by molar-refractivity contribution is 0.240. The van der Waals surface area contributed by atoms with Gasteiger partial charge in [-0.1, -0.05) is 11.6 Å².